The van der Waals surface area contributed by atoms with E-state index in [0.717, 1.165) is 51.8 Å². The molecule has 4 heteroatoms. The van der Waals surface area contributed by atoms with Crippen molar-refractivity contribution in [3.8, 4) is 45.8 Å². The van der Waals surface area contributed by atoms with Gasteiger partial charge in [-0.2, -0.15) is 10.5 Å². The Morgan fingerprint density at radius 3 is 1.72 bits per heavy atom. The van der Waals surface area contributed by atoms with Gasteiger partial charge >= 0.3 is 0 Å². The molecule has 8 aromatic rings. The van der Waals surface area contributed by atoms with Crippen LogP contribution in [0, 0.1) is 22.7 Å². The zero-order valence-corrected chi connectivity index (χ0v) is 30.8. The van der Waals surface area contributed by atoms with Crippen molar-refractivity contribution in [2.45, 2.75) is 51.4 Å². The summed E-state index contributed by atoms with van der Waals surface area (Å²) in [5.74, 6) is 0. The molecule has 6 aromatic carbocycles. The van der Waals surface area contributed by atoms with Gasteiger partial charge in [-0.3, -0.25) is 0 Å². The molecule has 3 aliphatic carbocycles. The van der Waals surface area contributed by atoms with Gasteiger partial charge in [0, 0.05) is 32.7 Å². The number of nitriles is 2. The number of hydrogen-bond donors (Lipinski definition) is 0. The Bertz CT molecular complexity index is 3130. The molecular weight excluding hydrogens is 657 g/mol. The molecule has 0 fully saturated rings. The zero-order valence-electron chi connectivity index (χ0n) is 30.8. The molecule has 0 bridgehead atoms. The van der Waals surface area contributed by atoms with Crippen LogP contribution in [0.1, 0.15) is 78.8 Å². The van der Waals surface area contributed by atoms with Gasteiger partial charge in [-0.15, -0.1) is 0 Å². The molecule has 256 valence electrons. The average Bonchev–Trinajstić information content (AvgIpc) is 3.86. The minimum absolute atomic E-state index is 0.182. The maximum atomic E-state index is 11.0. The SMILES string of the molecule is CC1(C)c2ccccc2-c2ccc3c(c4c(n3-c3cc(C#N)c(-n5c6ccccc6c6c7c(ccc65)-c5ccccc5C7(C)C)cc3C#N)C=CCC4)c21. The van der Waals surface area contributed by atoms with Crippen molar-refractivity contribution in [1.29, 1.82) is 10.5 Å². The molecule has 4 nitrogen and oxygen atoms in total. The number of nitrogens with zero attached hydrogens (tertiary/aromatic N) is 4. The third-order valence-electron chi connectivity index (χ3n) is 12.8. The number of fused-ring (bicyclic) bond motifs is 14. The highest BCUT2D eigenvalue weighted by molar-refractivity contribution is 6.14. The van der Waals surface area contributed by atoms with Crippen LogP contribution >= 0.6 is 0 Å². The normalized spacial score (nSPS) is 15.4. The quantitative estimate of drug-likeness (QED) is 0.181. The predicted molar refractivity (Wildman–Crippen MR) is 220 cm³/mol. The Labute approximate surface area is 314 Å². The summed E-state index contributed by atoms with van der Waals surface area (Å²) >= 11 is 0. The second-order valence-corrected chi connectivity index (χ2v) is 16.2. The predicted octanol–water partition coefficient (Wildman–Crippen LogP) is 12.0. The van der Waals surface area contributed by atoms with Gasteiger partial charge in [-0.25, -0.2) is 0 Å². The van der Waals surface area contributed by atoms with E-state index < -0.39 is 0 Å². The van der Waals surface area contributed by atoms with E-state index in [9.17, 15) is 10.5 Å². The van der Waals surface area contributed by atoms with Gasteiger partial charge in [-0.05, 0) is 99.3 Å². The summed E-state index contributed by atoms with van der Waals surface area (Å²) in [5.41, 5.74) is 18.1. The van der Waals surface area contributed by atoms with Crippen LogP contribution in [0.25, 0.3) is 72.4 Å². The minimum Gasteiger partial charge on any atom is -0.308 e. The lowest BCUT2D eigenvalue weighted by Gasteiger charge is -2.23. The van der Waals surface area contributed by atoms with E-state index in [1.807, 2.05) is 12.1 Å². The van der Waals surface area contributed by atoms with E-state index in [1.165, 1.54) is 60.8 Å². The van der Waals surface area contributed by atoms with Gasteiger partial charge in [0.2, 0.25) is 0 Å². The van der Waals surface area contributed by atoms with E-state index in [1.54, 1.807) is 0 Å². The smallest absolute Gasteiger partial charge is 0.101 e. The largest absolute Gasteiger partial charge is 0.308 e. The number of aryl methyl sites for hydroxylation is 1. The van der Waals surface area contributed by atoms with Crippen molar-refractivity contribution < 1.29 is 0 Å². The lowest BCUT2D eigenvalue weighted by molar-refractivity contribution is 0.665. The molecule has 0 N–H and O–H groups in total. The Morgan fingerprint density at radius 2 is 1.09 bits per heavy atom. The highest BCUT2D eigenvalue weighted by Crippen LogP contribution is 2.55. The maximum absolute atomic E-state index is 11.0. The minimum atomic E-state index is -0.210. The molecule has 0 saturated heterocycles. The Kier molecular flexibility index (Phi) is 6.02. The molecule has 2 heterocycles. The molecule has 2 aromatic heterocycles. The monoisotopic (exact) mass is 692 g/mol. The molecule has 0 aliphatic heterocycles. The van der Waals surface area contributed by atoms with Crippen molar-refractivity contribution in [3.63, 3.8) is 0 Å². The van der Waals surface area contributed by atoms with Crippen molar-refractivity contribution in [2.75, 3.05) is 0 Å². The maximum Gasteiger partial charge on any atom is 0.101 e. The van der Waals surface area contributed by atoms with Crippen molar-refractivity contribution in [1.82, 2.24) is 9.13 Å². The third kappa shape index (κ3) is 3.70. The first-order chi connectivity index (χ1) is 26.3. The molecule has 0 radical (unpaired) electrons. The van der Waals surface area contributed by atoms with Crippen molar-refractivity contribution in [2.24, 2.45) is 0 Å². The number of benzene rings is 6. The second-order valence-electron chi connectivity index (χ2n) is 16.2. The van der Waals surface area contributed by atoms with Gasteiger partial charge in [0.15, 0.2) is 0 Å². The topological polar surface area (TPSA) is 57.4 Å². The van der Waals surface area contributed by atoms with Gasteiger partial charge in [0.1, 0.15) is 12.1 Å². The summed E-state index contributed by atoms with van der Waals surface area (Å²) in [6, 6.07) is 44.0. The Morgan fingerprint density at radius 1 is 0.556 bits per heavy atom. The number of allylic oxidation sites excluding steroid dienone is 1. The Hall–Kier alpha value is -6.62. The van der Waals surface area contributed by atoms with Crippen LogP contribution in [-0.2, 0) is 17.3 Å². The third-order valence-corrected chi connectivity index (χ3v) is 12.8. The number of rotatable bonds is 2. The molecule has 0 spiro atoms. The van der Waals surface area contributed by atoms with E-state index in [0.29, 0.717) is 11.1 Å². The van der Waals surface area contributed by atoms with Crippen LogP contribution in [0.4, 0.5) is 0 Å². The summed E-state index contributed by atoms with van der Waals surface area (Å²) in [4.78, 5) is 0. The molecule has 0 atom stereocenters. The Balaban J connectivity index is 1.19. The molecule has 0 saturated carbocycles. The van der Waals surface area contributed by atoms with Crippen molar-refractivity contribution in [3.05, 3.63) is 160 Å². The number of hydrogen-bond acceptors (Lipinski definition) is 2. The average molecular weight is 693 g/mol. The van der Waals surface area contributed by atoms with Crippen molar-refractivity contribution >= 4 is 38.8 Å². The molecule has 0 unspecified atom stereocenters. The van der Waals surface area contributed by atoms with Gasteiger partial charge < -0.3 is 9.13 Å². The van der Waals surface area contributed by atoms with Crippen LogP contribution in [-0.4, -0.2) is 9.13 Å². The molecular formula is C50H36N4. The van der Waals surface area contributed by atoms with Crippen LogP contribution in [0.5, 0.6) is 0 Å². The molecule has 0 amide bonds. The summed E-state index contributed by atoms with van der Waals surface area (Å²) in [6.45, 7) is 9.31. The van der Waals surface area contributed by atoms with Gasteiger partial charge in [-0.1, -0.05) is 113 Å². The number of aromatic nitrogens is 2. The van der Waals surface area contributed by atoms with Gasteiger partial charge in [0.25, 0.3) is 0 Å². The molecule has 54 heavy (non-hydrogen) atoms. The first-order valence-corrected chi connectivity index (χ1v) is 18.9. The summed E-state index contributed by atoms with van der Waals surface area (Å²) < 4.78 is 4.46. The lowest BCUT2D eigenvalue weighted by Crippen LogP contribution is -2.15. The fourth-order valence-electron chi connectivity index (χ4n) is 10.6. The van der Waals surface area contributed by atoms with Gasteiger partial charge in [0.05, 0.1) is 39.1 Å². The zero-order chi connectivity index (χ0) is 36.7. The summed E-state index contributed by atoms with van der Waals surface area (Å²) in [7, 11) is 0. The molecule has 11 rings (SSSR count). The fourth-order valence-corrected chi connectivity index (χ4v) is 10.6. The van der Waals surface area contributed by atoms with Crippen LogP contribution in [0.15, 0.2) is 115 Å². The first kappa shape index (κ1) is 31.0. The van der Waals surface area contributed by atoms with E-state index in [2.05, 4.69) is 158 Å². The van der Waals surface area contributed by atoms with Crippen LogP contribution in [0.3, 0.4) is 0 Å². The highest BCUT2D eigenvalue weighted by Gasteiger charge is 2.40. The summed E-state index contributed by atoms with van der Waals surface area (Å²) in [5, 5.41) is 25.6. The van der Waals surface area contributed by atoms with E-state index >= 15 is 0 Å². The standard InChI is InChI=1S/C50H36N4/c1-49(2)37-17-9-5-13-31(37)33-21-23-41-45(47(33)49)35-15-7-11-19-39(35)53(41)43-25-30(28-52)44(26-29(43)27-51)54-40-20-12-8-16-36(40)46-42(54)24-22-34-32-14-6-10-18-38(32)50(3,4)48(34)46/h5-7,9-15,17-26H,8,16H2,1-4H3. The first-order valence-electron chi connectivity index (χ1n) is 18.9. The fraction of sp³-hybridized carbons (Fsp3) is 0.160. The summed E-state index contributed by atoms with van der Waals surface area (Å²) in [6.07, 6.45) is 6.35. The van der Waals surface area contributed by atoms with E-state index in [4.69, 9.17) is 0 Å². The van der Waals surface area contributed by atoms with E-state index in [-0.39, 0.29) is 10.8 Å². The van der Waals surface area contributed by atoms with Crippen LogP contribution in [0.2, 0.25) is 0 Å². The van der Waals surface area contributed by atoms with Crippen LogP contribution < -0.4 is 0 Å². The lowest BCUT2D eigenvalue weighted by atomic mass is 9.79. The number of para-hydroxylation sites is 1. The second kappa shape index (κ2) is 10.5. The highest BCUT2D eigenvalue weighted by atomic mass is 15.0. The molecule has 3 aliphatic rings.